The lowest BCUT2D eigenvalue weighted by Gasteiger charge is -2.19. The third-order valence-electron chi connectivity index (χ3n) is 2.84. The van der Waals surface area contributed by atoms with Crippen LogP contribution in [0.5, 0.6) is 0 Å². The molecule has 0 heterocycles. The molecule has 1 aromatic carbocycles. The molecule has 0 aliphatic heterocycles. The van der Waals surface area contributed by atoms with Crippen LogP contribution in [-0.2, 0) is 5.41 Å². The van der Waals surface area contributed by atoms with E-state index in [1.807, 2.05) is 0 Å². The van der Waals surface area contributed by atoms with Crippen molar-refractivity contribution in [1.82, 2.24) is 5.06 Å². The van der Waals surface area contributed by atoms with E-state index in [9.17, 15) is 5.21 Å². The van der Waals surface area contributed by atoms with Crippen molar-refractivity contribution in [3.8, 4) is 0 Å². The third kappa shape index (κ3) is 2.00. The van der Waals surface area contributed by atoms with Gasteiger partial charge in [-0.25, -0.2) is 0 Å². The maximum absolute atomic E-state index is 9.27. The Labute approximate surface area is 92.6 Å². The molecule has 76 valence electrons. The van der Waals surface area contributed by atoms with Crippen molar-refractivity contribution in [1.29, 1.82) is 0 Å². The number of hydrogen-bond acceptors (Lipinski definition) is 2. The minimum absolute atomic E-state index is 0.212. The van der Waals surface area contributed by atoms with Crippen molar-refractivity contribution < 1.29 is 5.21 Å². The minimum atomic E-state index is 0.212. The van der Waals surface area contributed by atoms with Crippen LogP contribution < -0.4 is 0 Å². The predicted molar refractivity (Wildman–Crippen MR) is 59.5 cm³/mol. The van der Waals surface area contributed by atoms with Crippen LogP contribution in [-0.4, -0.2) is 23.9 Å². The number of likely N-dealkylation sites (N-methyl/N-ethyl adjacent to an activating group) is 1. The molecule has 0 bridgehead atoms. The summed E-state index contributed by atoms with van der Waals surface area (Å²) < 4.78 is 1.11. The largest absolute Gasteiger partial charge is 0.314 e. The zero-order valence-corrected chi connectivity index (χ0v) is 9.79. The van der Waals surface area contributed by atoms with Gasteiger partial charge in [0.2, 0.25) is 0 Å². The Balaban J connectivity index is 2.18. The van der Waals surface area contributed by atoms with Gasteiger partial charge in [0.1, 0.15) is 0 Å². The normalized spacial score (nSPS) is 18.6. The summed E-state index contributed by atoms with van der Waals surface area (Å²) in [6.45, 7) is 0.731. The van der Waals surface area contributed by atoms with Crippen molar-refractivity contribution >= 4 is 15.9 Å². The van der Waals surface area contributed by atoms with Gasteiger partial charge in [0.15, 0.2) is 0 Å². The van der Waals surface area contributed by atoms with E-state index in [0.29, 0.717) is 0 Å². The van der Waals surface area contributed by atoms with Gasteiger partial charge in [-0.05, 0) is 30.5 Å². The fourth-order valence-electron chi connectivity index (χ4n) is 1.93. The first-order chi connectivity index (χ1) is 6.62. The van der Waals surface area contributed by atoms with Gasteiger partial charge in [-0.15, -0.1) is 0 Å². The molecule has 2 rings (SSSR count). The topological polar surface area (TPSA) is 23.5 Å². The second-order valence-corrected chi connectivity index (χ2v) is 5.02. The summed E-state index contributed by atoms with van der Waals surface area (Å²) in [4.78, 5) is 0. The fourth-order valence-corrected chi connectivity index (χ4v) is 2.19. The van der Waals surface area contributed by atoms with Crippen LogP contribution >= 0.6 is 15.9 Å². The van der Waals surface area contributed by atoms with E-state index in [4.69, 9.17) is 0 Å². The van der Waals surface area contributed by atoms with Crippen molar-refractivity contribution in [2.24, 2.45) is 0 Å². The molecule has 1 aliphatic rings. The summed E-state index contributed by atoms with van der Waals surface area (Å²) in [6.07, 6.45) is 2.36. The van der Waals surface area contributed by atoms with Crippen LogP contribution in [0.15, 0.2) is 28.7 Å². The highest BCUT2D eigenvalue weighted by atomic mass is 79.9. The monoisotopic (exact) mass is 255 g/mol. The van der Waals surface area contributed by atoms with Gasteiger partial charge in [0.05, 0.1) is 0 Å². The molecule has 0 unspecified atom stereocenters. The van der Waals surface area contributed by atoms with E-state index in [2.05, 4.69) is 40.2 Å². The summed E-state index contributed by atoms with van der Waals surface area (Å²) in [7, 11) is 1.71. The molecule has 3 heteroatoms. The predicted octanol–water partition coefficient (Wildman–Crippen LogP) is 2.80. The Hall–Kier alpha value is -0.380. The second-order valence-electron chi connectivity index (χ2n) is 4.10. The lowest BCUT2D eigenvalue weighted by Crippen LogP contribution is -2.26. The summed E-state index contributed by atoms with van der Waals surface area (Å²) in [5, 5.41) is 10.6. The number of hydrogen-bond donors (Lipinski definition) is 1. The average Bonchev–Trinajstić information content (AvgIpc) is 2.85. The van der Waals surface area contributed by atoms with Gasteiger partial charge in [-0.2, -0.15) is 5.06 Å². The smallest absolute Gasteiger partial charge is 0.0332 e. The maximum Gasteiger partial charge on any atom is 0.0332 e. The van der Waals surface area contributed by atoms with Crippen LogP contribution in [0.2, 0.25) is 0 Å². The minimum Gasteiger partial charge on any atom is -0.314 e. The molecule has 0 aromatic heterocycles. The molecule has 1 N–H and O–H groups in total. The van der Waals surface area contributed by atoms with Crippen LogP contribution in [0.3, 0.4) is 0 Å². The summed E-state index contributed by atoms with van der Waals surface area (Å²) in [5.41, 5.74) is 1.55. The van der Waals surface area contributed by atoms with Crippen molar-refractivity contribution in [3.05, 3.63) is 34.3 Å². The van der Waals surface area contributed by atoms with E-state index < -0.39 is 0 Å². The summed E-state index contributed by atoms with van der Waals surface area (Å²) in [6, 6.07) is 8.40. The Bertz CT molecular complexity index is 317. The third-order valence-corrected chi connectivity index (χ3v) is 3.37. The zero-order valence-electron chi connectivity index (χ0n) is 8.20. The molecule has 2 nitrogen and oxygen atoms in total. The van der Waals surface area contributed by atoms with Crippen LogP contribution in [0, 0.1) is 0 Å². The SMILES string of the molecule is CN(O)CC1(c2ccc(Br)cc2)CC1. The number of halogens is 1. The molecular weight excluding hydrogens is 242 g/mol. The van der Waals surface area contributed by atoms with Crippen LogP contribution in [0.4, 0.5) is 0 Å². The molecule has 0 amide bonds. The van der Waals surface area contributed by atoms with Gasteiger partial charge in [0.25, 0.3) is 0 Å². The van der Waals surface area contributed by atoms with Gasteiger partial charge < -0.3 is 5.21 Å². The number of benzene rings is 1. The molecule has 0 atom stereocenters. The first kappa shape index (κ1) is 10.1. The van der Waals surface area contributed by atoms with E-state index in [-0.39, 0.29) is 5.41 Å². The van der Waals surface area contributed by atoms with E-state index in [1.165, 1.54) is 23.5 Å². The number of nitrogens with zero attached hydrogens (tertiary/aromatic N) is 1. The van der Waals surface area contributed by atoms with Gasteiger partial charge in [-0.3, -0.25) is 0 Å². The maximum atomic E-state index is 9.27. The second kappa shape index (κ2) is 3.65. The number of hydroxylamine groups is 2. The standard InChI is InChI=1S/C11H14BrNO/c1-13(14)8-11(6-7-11)9-2-4-10(12)5-3-9/h2-5,14H,6-8H2,1H3. The fraction of sp³-hybridized carbons (Fsp3) is 0.455. The van der Waals surface area contributed by atoms with Crippen LogP contribution in [0.1, 0.15) is 18.4 Å². The molecule has 1 saturated carbocycles. The Morgan fingerprint density at radius 3 is 2.36 bits per heavy atom. The van der Waals surface area contributed by atoms with Crippen LogP contribution in [0.25, 0.3) is 0 Å². The quantitative estimate of drug-likeness (QED) is 0.840. The van der Waals surface area contributed by atoms with E-state index in [0.717, 1.165) is 11.0 Å². The van der Waals surface area contributed by atoms with Crippen molar-refractivity contribution in [2.45, 2.75) is 18.3 Å². The van der Waals surface area contributed by atoms with E-state index in [1.54, 1.807) is 7.05 Å². The highest BCUT2D eigenvalue weighted by molar-refractivity contribution is 9.10. The van der Waals surface area contributed by atoms with Gasteiger partial charge >= 0.3 is 0 Å². The zero-order chi connectivity index (χ0) is 10.2. The summed E-state index contributed by atoms with van der Waals surface area (Å²) in [5.74, 6) is 0. The Morgan fingerprint density at radius 2 is 1.93 bits per heavy atom. The first-order valence-corrected chi connectivity index (χ1v) is 5.58. The van der Waals surface area contributed by atoms with Gasteiger partial charge in [-0.1, -0.05) is 28.1 Å². The van der Waals surface area contributed by atoms with Crippen molar-refractivity contribution in [2.75, 3.05) is 13.6 Å². The molecule has 1 aromatic rings. The molecule has 1 fully saturated rings. The number of rotatable bonds is 3. The Morgan fingerprint density at radius 1 is 1.36 bits per heavy atom. The molecular formula is C11H14BrNO. The first-order valence-electron chi connectivity index (χ1n) is 4.78. The molecule has 1 aliphatic carbocycles. The van der Waals surface area contributed by atoms with E-state index >= 15 is 0 Å². The average molecular weight is 256 g/mol. The lowest BCUT2D eigenvalue weighted by atomic mass is 9.96. The highest BCUT2D eigenvalue weighted by Crippen LogP contribution is 2.48. The molecule has 14 heavy (non-hydrogen) atoms. The molecule has 0 radical (unpaired) electrons. The van der Waals surface area contributed by atoms with Gasteiger partial charge in [0, 0.05) is 23.5 Å². The molecule has 0 spiro atoms. The lowest BCUT2D eigenvalue weighted by molar-refractivity contribution is -0.0718. The Kier molecular flexibility index (Phi) is 2.64. The molecule has 0 saturated heterocycles. The highest BCUT2D eigenvalue weighted by Gasteiger charge is 2.44. The summed E-state index contributed by atoms with van der Waals surface area (Å²) >= 11 is 3.42. The van der Waals surface area contributed by atoms with Crippen molar-refractivity contribution in [3.63, 3.8) is 0 Å².